The van der Waals surface area contributed by atoms with Crippen molar-refractivity contribution < 1.29 is 14.1 Å². The van der Waals surface area contributed by atoms with E-state index in [0.29, 0.717) is 21.4 Å². The van der Waals surface area contributed by atoms with Gasteiger partial charge in [0.2, 0.25) is 5.91 Å². The molecule has 0 spiro atoms. The van der Waals surface area contributed by atoms with Gasteiger partial charge >= 0.3 is 0 Å². The third kappa shape index (κ3) is 4.49. The highest BCUT2D eigenvalue weighted by Gasteiger charge is 2.17. The molecule has 2 aromatic heterocycles. The van der Waals surface area contributed by atoms with Gasteiger partial charge in [0.15, 0.2) is 21.4 Å². The van der Waals surface area contributed by atoms with Crippen molar-refractivity contribution in [2.45, 2.75) is 5.16 Å². The van der Waals surface area contributed by atoms with Crippen LogP contribution in [0.5, 0.6) is 0 Å². The van der Waals surface area contributed by atoms with Crippen LogP contribution < -0.4 is 5.32 Å². The first kappa shape index (κ1) is 19.4. The maximum atomic E-state index is 12.2. The van der Waals surface area contributed by atoms with Crippen LogP contribution in [0.2, 0.25) is 5.02 Å². The first-order valence-corrected chi connectivity index (χ1v) is 9.52. The van der Waals surface area contributed by atoms with E-state index in [1.807, 2.05) is 0 Å². The van der Waals surface area contributed by atoms with Gasteiger partial charge in [0.25, 0.3) is 5.69 Å². The number of nitro groups is 1. The molecule has 0 saturated heterocycles. The van der Waals surface area contributed by atoms with E-state index in [9.17, 15) is 14.9 Å². The Labute approximate surface area is 170 Å². The number of hydrogen-bond acceptors (Lipinski definition) is 7. The van der Waals surface area contributed by atoms with Gasteiger partial charge in [-0.1, -0.05) is 23.4 Å². The lowest BCUT2D eigenvalue weighted by Gasteiger charge is -2.07. The van der Waals surface area contributed by atoms with E-state index in [1.54, 1.807) is 23.7 Å². The fourth-order valence-electron chi connectivity index (χ4n) is 2.13. The summed E-state index contributed by atoms with van der Waals surface area (Å²) < 4.78 is 7.72. The second kappa shape index (κ2) is 8.11. The van der Waals surface area contributed by atoms with E-state index in [1.165, 1.54) is 18.2 Å². The summed E-state index contributed by atoms with van der Waals surface area (Å²) in [5.41, 5.74) is 0.0143. The second-order valence-corrected chi connectivity index (χ2v) is 7.36. The smallest absolute Gasteiger partial charge is 0.271 e. The number of rotatable bonds is 6. The third-order valence-electron chi connectivity index (χ3n) is 3.40. The summed E-state index contributed by atoms with van der Waals surface area (Å²) in [5.74, 6) is 0.696. The van der Waals surface area contributed by atoms with Crippen molar-refractivity contribution in [1.82, 2.24) is 14.8 Å². The zero-order valence-corrected chi connectivity index (χ0v) is 16.8. The van der Waals surface area contributed by atoms with Crippen LogP contribution in [0.3, 0.4) is 0 Å². The number of halogens is 2. The highest BCUT2D eigenvalue weighted by atomic mass is 79.9. The van der Waals surface area contributed by atoms with Crippen LogP contribution >= 0.6 is 39.3 Å². The number of non-ortho nitro benzene ring substituents is 1. The van der Waals surface area contributed by atoms with Crippen LogP contribution in [0.25, 0.3) is 11.6 Å². The molecule has 0 aliphatic rings. The van der Waals surface area contributed by atoms with Crippen molar-refractivity contribution in [3.63, 3.8) is 0 Å². The zero-order chi connectivity index (χ0) is 19.6. The average Bonchev–Trinajstić information content (AvgIpc) is 3.20. The lowest BCUT2D eigenvalue weighted by Crippen LogP contribution is -2.15. The first-order valence-electron chi connectivity index (χ1n) is 7.37. The van der Waals surface area contributed by atoms with Crippen LogP contribution in [0.1, 0.15) is 0 Å². The lowest BCUT2D eigenvalue weighted by atomic mass is 10.3. The predicted octanol–water partition coefficient (Wildman–Crippen LogP) is 4.13. The number of furan rings is 1. The molecule has 0 unspecified atom stereocenters. The van der Waals surface area contributed by atoms with Gasteiger partial charge in [-0.25, -0.2) is 0 Å². The molecule has 1 aromatic carbocycles. The monoisotopic (exact) mass is 471 g/mol. The summed E-state index contributed by atoms with van der Waals surface area (Å²) in [5, 5.41) is 22.2. The Balaban J connectivity index is 1.66. The highest BCUT2D eigenvalue weighted by molar-refractivity contribution is 9.10. The Morgan fingerprint density at radius 1 is 1.41 bits per heavy atom. The Bertz CT molecular complexity index is 1020. The topological polar surface area (TPSA) is 116 Å². The molecular weight excluding hydrogens is 462 g/mol. The van der Waals surface area contributed by atoms with Gasteiger partial charge in [-0.15, -0.1) is 10.2 Å². The van der Waals surface area contributed by atoms with Crippen molar-refractivity contribution in [3.05, 3.63) is 50.1 Å². The number of nitrogens with one attached hydrogen (secondary N) is 1. The van der Waals surface area contributed by atoms with Crippen LogP contribution in [0.15, 0.2) is 44.6 Å². The van der Waals surface area contributed by atoms with Crippen molar-refractivity contribution in [1.29, 1.82) is 0 Å². The van der Waals surface area contributed by atoms with E-state index in [-0.39, 0.29) is 28.1 Å². The first-order chi connectivity index (χ1) is 12.8. The van der Waals surface area contributed by atoms with Crippen molar-refractivity contribution in [2.24, 2.45) is 7.05 Å². The molecule has 3 rings (SSSR count). The van der Waals surface area contributed by atoms with Crippen molar-refractivity contribution >= 4 is 56.6 Å². The van der Waals surface area contributed by atoms with Crippen LogP contribution in [-0.4, -0.2) is 31.3 Å². The van der Waals surface area contributed by atoms with E-state index >= 15 is 0 Å². The minimum atomic E-state index is -0.561. The molecular formula is C15H11BrClN5O4S. The van der Waals surface area contributed by atoms with E-state index in [0.717, 1.165) is 11.8 Å². The molecule has 9 nitrogen and oxygen atoms in total. The number of hydrogen-bond donors (Lipinski definition) is 1. The van der Waals surface area contributed by atoms with Gasteiger partial charge < -0.3 is 14.3 Å². The average molecular weight is 473 g/mol. The largest absolute Gasteiger partial charge is 0.446 e. The predicted molar refractivity (Wildman–Crippen MR) is 104 cm³/mol. The molecule has 0 atom stereocenters. The molecule has 27 heavy (non-hydrogen) atoms. The number of anilines is 1. The maximum Gasteiger partial charge on any atom is 0.271 e. The molecule has 0 bridgehead atoms. The Morgan fingerprint density at radius 3 is 2.85 bits per heavy atom. The molecule has 0 fully saturated rings. The summed E-state index contributed by atoms with van der Waals surface area (Å²) in [7, 11) is 1.75. The quantitative estimate of drug-likeness (QED) is 0.326. The van der Waals surface area contributed by atoms with Gasteiger partial charge in [-0.3, -0.25) is 14.9 Å². The van der Waals surface area contributed by atoms with Crippen molar-refractivity contribution in [2.75, 3.05) is 11.1 Å². The van der Waals surface area contributed by atoms with Crippen LogP contribution in [0, 0.1) is 10.1 Å². The van der Waals surface area contributed by atoms with Gasteiger partial charge in [0.05, 0.1) is 21.4 Å². The summed E-state index contributed by atoms with van der Waals surface area (Å²) in [6, 6.07) is 7.33. The standard InChI is InChI=1S/C15H11BrClN5O4S/c1-21-14(11-4-5-12(16)26-11)19-20-15(21)27-7-13(23)18-10-6-8(22(24)25)2-3-9(10)17/h2-6H,7H2,1H3,(H,18,23). The van der Waals surface area contributed by atoms with E-state index in [4.69, 9.17) is 16.0 Å². The number of nitro benzene ring substituents is 1. The molecule has 0 saturated carbocycles. The summed E-state index contributed by atoms with van der Waals surface area (Å²) in [6.07, 6.45) is 0. The lowest BCUT2D eigenvalue weighted by molar-refractivity contribution is -0.384. The molecule has 12 heteroatoms. The fourth-order valence-corrected chi connectivity index (χ4v) is 3.31. The Hall–Kier alpha value is -2.37. The van der Waals surface area contributed by atoms with Crippen molar-refractivity contribution in [3.8, 4) is 11.6 Å². The normalized spacial score (nSPS) is 10.8. The molecule has 0 radical (unpaired) electrons. The SMILES string of the molecule is Cn1c(SCC(=O)Nc2cc([N+](=O)[O-])ccc2Cl)nnc1-c1ccc(Br)o1. The number of aromatic nitrogens is 3. The third-order valence-corrected chi connectivity index (χ3v) is 5.17. The zero-order valence-electron chi connectivity index (χ0n) is 13.7. The molecule has 140 valence electrons. The minimum Gasteiger partial charge on any atom is -0.446 e. The van der Waals surface area contributed by atoms with Gasteiger partial charge in [0, 0.05) is 19.2 Å². The number of carbonyl (C=O) groups is 1. The molecule has 0 aliphatic heterocycles. The molecule has 3 aromatic rings. The van der Waals surface area contributed by atoms with Crippen LogP contribution in [-0.2, 0) is 11.8 Å². The number of amides is 1. The van der Waals surface area contributed by atoms with E-state index in [2.05, 4.69) is 31.4 Å². The second-order valence-electron chi connectivity index (χ2n) is 5.23. The highest BCUT2D eigenvalue weighted by Crippen LogP contribution is 2.28. The number of nitrogens with zero attached hydrogens (tertiary/aromatic N) is 4. The molecule has 2 heterocycles. The molecule has 1 N–H and O–H groups in total. The van der Waals surface area contributed by atoms with Gasteiger partial charge in [0.1, 0.15) is 0 Å². The molecule has 1 amide bonds. The maximum absolute atomic E-state index is 12.2. The summed E-state index contributed by atoms with van der Waals surface area (Å²) in [4.78, 5) is 22.4. The number of carbonyl (C=O) groups excluding carboxylic acids is 1. The number of thioether (sulfide) groups is 1. The fraction of sp³-hybridized carbons (Fsp3) is 0.133. The van der Waals surface area contributed by atoms with Crippen LogP contribution in [0.4, 0.5) is 11.4 Å². The van der Waals surface area contributed by atoms with Gasteiger partial charge in [-0.2, -0.15) is 0 Å². The summed E-state index contributed by atoms with van der Waals surface area (Å²) >= 11 is 10.4. The minimum absolute atomic E-state index is 0.0207. The molecule has 0 aliphatic carbocycles. The Morgan fingerprint density at radius 2 is 2.19 bits per heavy atom. The van der Waals surface area contributed by atoms with Gasteiger partial charge in [-0.05, 0) is 34.1 Å². The van der Waals surface area contributed by atoms with E-state index < -0.39 is 4.92 Å². The summed E-state index contributed by atoms with van der Waals surface area (Å²) in [6.45, 7) is 0. The Kier molecular flexibility index (Phi) is 5.82. The number of benzene rings is 1.